The lowest BCUT2D eigenvalue weighted by molar-refractivity contribution is -0.302. The number of ether oxygens (including phenoxy) is 6. The van der Waals surface area contributed by atoms with Crippen molar-refractivity contribution in [3.63, 3.8) is 0 Å². The van der Waals surface area contributed by atoms with Gasteiger partial charge in [-0.25, -0.2) is 4.79 Å². The Balaban J connectivity index is 1.14. The molecule has 13 unspecified atom stereocenters. The average molecular weight is 931 g/mol. The summed E-state index contributed by atoms with van der Waals surface area (Å²) in [4.78, 5) is 58.6. The van der Waals surface area contributed by atoms with Crippen molar-refractivity contribution in [1.29, 1.82) is 0 Å². The monoisotopic (exact) mass is 931 g/mol. The summed E-state index contributed by atoms with van der Waals surface area (Å²) in [6.07, 6.45) is 12.7. The Morgan fingerprint density at radius 1 is 0.881 bits per heavy atom. The van der Waals surface area contributed by atoms with E-state index in [0.717, 1.165) is 29.7 Å². The molecule has 0 radical (unpaired) electrons. The number of cyclic esters (lactones) is 1. The minimum Gasteiger partial charge on any atom is -0.488 e. The zero-order chi connectivity index (χ0) is 48.2. The number of nitrogens with zero attached hydrogens (tertiary/aromatic N) is 2. The van der Waals surface area contributed by atoms with Crippen LogP contribution in [-0.4, -0.2) is 114 Å². The lowest BCUT2D eigenvalue weighted by Crippen LogP contribution is -2.64. The third-order valence-corrected chi connectivity index (χ3v) is 15.7. The van der Waals surface area contributed by atoms with E-state index in [2.05, 4.69) is 54.1 Å². The highest BCUT2D eigenvalue weighted by molar-refractivity contribution is 6.39. The van der Waals surface area contributed by atoms with Crippen LogP contribution in [-0.2, 0) is 42.9 Å². The predicted molar refractivity (Wildman–Crippen MR) is 255 cm³/mol. The topological polar surface area (TPSA) is 152 Å². The molecule has 4 heterocycles. The van der Waals surface area contributed by atoms with E-state index in [1.165, 1.54) is 28.6 Å². The maximum absolute atomic E-state index is 14.6. The Hall–Kier alpha value is -3.88. The first-order chi connectivity index (χ1) is 32.1. The van der Waals surface area contributed by atoms with Crippen LogP contribution in [0.25, 0.3) is 10.9 Å². The van der Waals surface area contributed by atoms with Crippen molar-refractivity contribution in [2.24, 2.45) is 29.6 Å². The second-order valence-corrected chi connectivity index (χ2v) is 20.8. The summed E-state index contributed by atoms with van der Waals surface area (Å²) < 4.78 is 39.7. The van der Waals surface area contributed by atoms with E-state index < -0.39 is 59.8 Å². The summed E-state index contributed by atoms with van der Waals surface area (Å²) in [5, 5.41) is 13.3. The smallest absolute Gasteiger partial charge is 0.329 e. The molecule has 5 aliphatic rings. The third kappa shape index (κ3) is 11.6. The molecule has 2 aliphatic carbocycles. The van der Waals surface area contributed by atoms with Crippen LogP contribution in [0.3, 0.4) is 0 Å². The van der Waals surface area contributed by atoms with Gasteiger partial charge in [-0.2, -0.15) is 0 Å². The number of Topliss-reactive ketones (excluding diaryl/α,β-unsaturated/α-hetero) is 2. The number of hydrogen-bond acceptors (Lipinski definition) is 11. The van der Waals surface area contributed by atoms with Gasteiger partial charge in [-0.15, -0.1) is 0 Å². The van der Waals surface area contributed by atoms with Gasteiger partial charge in [-0.1, -0.05) is 45.4 Å². The lowest BCUT2D eigenvalue weighted by atomic mass is 9.82. The summed E-state index contributed by atoms with van der Waals surface area (Å²) >= 11 is 0. The molecular formula is C54H78N2O11. The van der Waals surface area contributed by atoms with Gasteiger partial charge in [0.1, 0.15) is 35.9 Å². The van der Waals surface area contributed by atoms with Crippen molar-refractivity contribution >= 4 is 34.3 Å². The van der Waals surface area contributed by atoms with Gasteiger partial charge in [0, 0.05) is 69.3 Å². The van der Waals surface area contributed by atoms with Crippen LogP contribution in [0, 0.1) is 29.6 Å². The number of fused-ring (bicyclic) bond motifs is 4. The van der Waals surface area contributed by atoms with Gasteiger partial charge in [0.05, 0.1) is 18.3 Å². The van der Waals surface area contributed by atoms with Crippen molar-refractivity contribution in [1.82, 2.24) is 9.47 Å². The Kier molecular flexibility index (Phi) is 16.9. The van der Waals surface area contributed by atoms with Gasteiger partial charge in [0.2, 0.25) is 5.79 Å². The second kappa shape index (κ2) is 22.3. The van der Waals surface area contributed by atoms with Crippen LogP contribution in [0.1, 0.15) is 137 Å². The number of piperidine rings is 1. The molecule has 4 fully saturated rings. The first kappa shape index (κ1) is 51.0. The molecule has 1 N–H and O–H groups in total. The van der Waals surface area contributed by atoms with E-state index >= 15 is 0 Å². The SMILES string of the molecule is CCC1C=C(C)CC(C)CC(OC)C2OC(O)(C(=O)C(=O)N3CCCCC3C(=O)OC(C(C)=CC3CCC(Oc4ccc5c(ccn5C5CC5)c4)C(OC)C3)C(C)CCC1=O)C(C)CC2OC. The highest BCUT2D eigenvalue weighted by atomic mass is 16.7. The highest BCUT2D eigenvalue weighted by Gasteiger charge is 2.56. The van der Waals surface area contributed by atoms with E-state index in [1.54, 1.807) is 28.3 Å². The van der Waals surface area contributed by atoms with Gasteiger partial charge in [-0.3, -0.25) is 14.4 Å². The number of hydrogen-bond donors (Lipinski definition) is 1. The largest absolute Gasteiger partial charge is 0.488 e. The van der Waals surface area contributed by atoms with Gasteiger partial charge in [0.25, 0.3) is 11.7 Å². The number of rotatable bonds is 9. The molecule has 1 aromatic carbocycles. The molecular weight excluding hydrogens is 853 g/mol. The Morgan fingerprint density at radius 3 is 2.31 bits per heavy atom. The maximum atomic E-state index is 14.6. The molecule has 1 amide bonds. The van der Waals surface area contributed by atoms with Crippen LogP contribution < -0.4 is 4.74 Å². The summed E-state index contributed by atoms with van der Waals surface area (Å²) in [5.41, 5.74) is 3.18. The zero-order valence-electron chi connectivity index (χ0n) is 41.6. The van der Waals surface area contributed by atoms with Crippen molar-refractivity contribution in [2.45, 2.75) is 186 Å². The number of amides is 1. The fraction of sp³-hybridized carbons (Fsp3) is 0.704. The van der Waals surface area contributed by atoms with E-state index in [-0.39, 0.29) is 54.6 Å². The number of esters is 1. The zero-order valence-corrected chi connectivity index (χ0v) is 41.6. The third-order valence-electron chi connectivity index (χ3n) is 15.7. The van der Waals surface area contributed by atoms with Crippen LogP contribution in [0.2, 0.25) is 0 Å². The Bertz CT molecular complexity index is 2130. The quantitative estimate of drug-likeness (QED) is 0.146. The summed E-state index contributed by atoms with van der Waals surface area (Å²) in [5.74, 6) is -5.30. The van der Waals surface area contributed by atoms with Crippen molar-refractivity contribution < 1.29 is 52.7 Å². The Morgan fingerprint density at radius 2 is 1.61 bits per heavy atom. The van der Waals surface area contributed by atoms with E-state index in [1.807, 2.05) is 27.7 Å². The first-order valence-corrected chi connectivity index (χ1v) is 25.3. The van der Waals surface area contributed by atoms with E-state index in [4.69, 9.17) is 28.4 Å². The predicted octanol–water partition coefficient (Wildman–Crippen LogP) is 8.88. The van der Waals surface area contributed by atoms with Gasteiger partial charge < -0.3 is 43.0 Å². The molecule has 3 aliphatic heterocycles. The minimum atomic E-state index is -2.47. The molecule has 2 saturated heterocycles. The molecule has 1 aromatic heterocycles. The highest BCUT2D eigenvalue weighted by Crippen LogP contribution is 2.41. The molecule has 13 heteroatoms. The number of ketones is 2. The van der Waals surface area contributed by atoms with Crippen LogP contribution >= 0.6 is 0 Å². The number of carbonyl (C=O) groups excluding carboxylic acids is 4. The summed E-state index contributed by atoms with van der Waals surface area (Å²) in [6, 6.07) is 8.04. The summed E-state index contributed by atoms with van der Waals surface area (Å²) in [7, 11) is 4.85. The molecule has 2 aromatic rings. The number of aliphatic hydroxyl groups is 1. The maximum Gasteiger partial charge on any atom is 0.329 e. The van der Waals surface area contributed by atoms with Gasteiger partial charge >= 0.3 is 5.97 Å². The number of methoxy groups -OCH3 is 3. The number of benzene rings is 1. The Labute approximate surface area is 398 Å². The molecule has 2 bridgehead atoms. The fourth-order valence-corrected chi connectivity index (χ4v) is 11.6. The van der Waals surface area contributed by atoms with Crippen LogP contribution in [0.15, 0.2) is 53.8 Å². The van der Waals surface area contributed by atoms with Gasteiger partial charge in [-0.05, 0) is 145 Å². The lowest BCUT2D eigenvalue weighted by Gasteiger charge is -2.47. The minimum absolute atomic E-state index is 0.0868. The second-order valence-electron chi connectivity index (χ2n) is 20.8. The van der Waals surface area contributed by atoms with Crippen LogP contribution in [0.5, 0.6) is 5.75 Å². The molecule has 13 nitrogen and oxygen atoms in total. The first-order valence-electron chi connectivity index (χ1n) is 25.3. The molecule has 13 atom stereocenters. The molecule has 2 saturated carbocycles. The van der Waals surface area contributed by atoms with E-state index in [9.17, 15) is 24.3 Å². The van der Waals surface area contributed by atoms with Crippen molar-refractivity contribution in [3.05, 3.63) is 53.8 Å². The number of allylic oxidation sites excluding steroid dienone is 3. The standard InChI is InChI=1S/C54H78N2O11/c1-10-38-26-32(2)25-33(3)27-47(63-8)50-48(64-9)29-36(6)54(61,67-50)51(58)52(59)56-23-12-11-13-43(56)53(60)66-49(34(4)14-20-44(38)57)35(5)28-37-15-21-45(46(30-37)62-7)65-41-18-19-42-39(31-41)22-24-55(42)40-16-17-40/h18-19,22,24,26,28,31,33-34,36-38,40,43,45-50,61H,10-17,20-21,23,25,27,29-30H2,1-9H3. The van der Waals surface area contributed by atoms with Gasteiger partial charge in [0.15, 0.2) is 0 Å². The average Bonchev–Trinajstić information content (AvgIpc) is 4.09. The number of carbonyl (C=O) groups is 4. The molecule has 370 valence electrons. The van der Waals surface area contributed by atoms with Crippen LogP contribution in [0.4, 0.5) is 0 Å². The number of aromatic nitrogens is 1. The van der Waals surface area contributed by atoms with Crippen molar-refractivity contribution in [2.75, 3.05) is 27.9 Å². The van der Waals surface area contributed by atoms with E-state index in [0.29, 0.717) is 63.8 Å². The normalized spacial score (nSPS) is 35.9. The summed E-state index contributed by atoms with van der Waals surface area (Å²) in [6.45, 7) is 12.0. The molecule has 67 heavy (non-hydrogen) atoms. The molecule has 7 rings (SSSR count). The molecule has 0 spiro atoms. The van der Waals surface area contributed by atoms with Crippen molar-refractivity contribution in [3.8, 4) is 5.75 Å². The fourth-order valence-electron chi connectivity index (χ4n) is 11.6.